The molecular formula is C61H42N2. The minimum atomic E-state index is -0.544. The van der Waals surface area contributed by atoms with Gasteiger partial charge < -0.3 is 9.47 Å². The second-order valence-corrected chi connectivity index (χ2v) is 17.0. The smallest absolute Gasteiger partial charge is 0.0729 e. The lowest BCUT2D eigenvalue weighted by Gasteiger charge is -2.41. The first kappa shape index (κ1) is 35.8. The van der Waals surface area contributed by atoms with Crippen molar-refractivity contribution in [3.05, 3.63) is 252 Å². The van der Waals surface area contributed by atoms with E-state index in [-0.39, 0.29) is 0 Å². The highest BCUT2D eigenvalue weighted by Crippen LogP contribution is 2.63. The van der Waals surface area contributed by atoms with Crippen molar-refractivity contribution in [1.29, 1.82) is 0 Å². The average molecular weight is 803 g/mol. The number of hydrogen-bond acceptors (Lipinski definition) is 1. The van der Waals surface area contributed by atoms with Gasteiger partial charge in [-0.05, 0) is 121 Å². The van der Waals surface area contributed by atoms with Crippen LogP contribution in [0.5, 0.6) is 0 Å². The van der Waals surface area contributed by atoms with Crippen molar-refractivity contribution in [3.63, 3.8) is 0 Å². The summed E-state index contributed by atoms with van der Waals surface area (Å²) in [5.74, 6) is 0. The molecule has 2 aliphatic rings. The van der Waals surface area contributed by atoms with Gasteiger partial charge in [0.25, 0.3) is 0 Å². The summed E-state index contributed by atoms with van der Waals surface area (Å²) in [5.41, 5.74) is 20.8. The van der Waals surface area contributed by atoms with Crippen LogP contribution in [-0.4, -0.2) is 4.57 Å². The molecule has 0 radical (unpaired) electrons. The Hall–Kier alpha value is -7.94. The molecule has 11 aromatic rings. The molecule has 1 unspecified atom stereocenters. The van der Waals surface area contributed by atoms with Gasteiger partial charge in [-0.3, -0.25) is 0 Å². The third-order valence-electron chi connectivity index (χ3n) is 14.0. The lowest BCUT2D eigenvalue weighted by atomic mass is 9.60. The molecule has 10 aromatic carbocycles. The fourth-order valence-corrected chi connectivity index (χ4v) is 11.5. The molecule has 1 heterocycles. The predicted octanol–water partition coefficient (Wildman–Crippen LogP) is 16.0. The number of fused-ring (bicyclic) bond motifs is 12. The summed E-state index contributed by atoms with van der Waals surface area (Å²) in [4.78, 5) is 2.55. The van der Waals surface area contributed by atoms with Crippen molar-refractivity contribution >= 4 is 49.6 Å². The molecular weight excluding hydrogens is 761 g/mol. The van der Waals surface area contributed by atoms with E-state index in [9.17, 15) is 0 Å². The minimum Gasteiger partial charge on any atom is -0.309 e. The largest absolute Gasteiger partial charge is 0.309 e. The van der Waals surface area contributed by atoms with Crippen molar-refractivity contribution in [2.75, 3.05) is 4.90 Å². The van der Waals surface area contributed by atoms with Gasteiger partial charge in [0.2, 0.25) is 0 Å². The van der Waals surface area contributed by atoms with Gasteiger partial charge in [0.05, 0.1) is 27.8 Å². The molecule has 2 nitrogen and oxygen atoms in total. The van der Waals surface area contributed by atoms with Gasteiger partial charge in [-0.25, -0.2) is 0 Å². The molecule has 13 rings (SSSR count). The number of hydrogen-bond donors (Lipinski definition) is 0. The number of benzene rings is 10. The predicted molar refractivity (Wildman–Crippen MR) is 264 cm³/mol. The first-order chi connectivity index (χ1) is 31.3. The third-order valence-corrected chi connectivity index (χ3v) is 14.0. The lowest BCUT2D eigenvalue weighted by molar-refractivity contribution is 0.759. The topological polar surface area (TPSA) is 8.17 Å². The molecule has 0 saturated carbocycles. The van der Waals surface area contributed by atoms with Crippen LogP contribution in [0.4, 0.5) is 17.1 Å². The SMILES string of the molecule is CCc1ccc2cccc3c2c1C1(c2ccccc2-c2ccc(N(c4ccccc4-c4ccccc4)c4cccc5c4c4ccccc4n5-c4ccccc4)cc21)c1ccccc1-3. The molecule has 0 saturated heterocycles. The standard InChI is InChI=1S/C61H42N2/c1-2-40-35-36-42-21-17-28-49-47-26-10-14-30-52(47)61(60(40)58(42)49)51-29-13-9-25-46(51)48-38-37-44(39-53(48)61)63(54-31-15-11-24-45(54)41-19-5-3-6-20-41)57-34-18-33-56-59(57)50-27-12-16-32-55(50)62(56)43-22-7-4-8-23-43/h3-39H,2H2,1H3. The Labute approximate surface area is 367 Å². The number of rotatable bonds is 6. The highest BCUT2D eigenvalue weighted by Gasteiger charge is 2.51. The van der Waals surface area contributed by atoms with E-state index in [1.807, 2.05) is 0 Å². The van der Waals surface area contributed by atoms with E-state index in [0.29, 0.717) is 0 Å². The number of para-hydroxylation sites is 3. The van der Waals surface area contributed by atoms with Gasteiger partial charge in [0.15, 0.2) is 0 Å². The van der Waals surface area contributed by atoms with Crippen LogP contribution < -0.4 is 4.90 Å². The monoisotopic (exact) mass is 802 g/mol. The van der Waals surface area contributed by atoms with Crippen LogP contribution in [0.3, 0.4) is 0 Å². The summed E-state index contributed by atoms with van der Waals surface area (Å²) in [6.45, 7) is 2.32. The zero-order valence-electron chi connectivity index (χ0n) is 35.0. The Kier molecular flexibility index (Phi) is 7.83. The molecule has 0 aliphatic heterocycles. The summed E-state index contributed by atoms with van der Waals surface area (Å²) < 4.78 is 2.42. The van der Waals surface area contributed by atoms with E-state index in [0.717, 1.165) is 29.2 Å². The fourth-order valence-electron chi connectivity index (χ4n) is 11.5. The number of aromatic nitrogens is 1. The lowest BCUT2D eigenvalue weighted by Crippen LogP contribution is -2.33. The third kappa shape index (κ3) is 4.95. The van der Waals surface area contributed by atoms with E-state index in [1.54, 1.807) is 0 Å². The Morgan fingerprint density at radius 1 is 0.429 bits per heavy atom. The fraction of sp³-hybridized carbons (Fsp3) is 0.0492. The van der Waals surface area contributed by atoms with Crippen molar-refractivity contribution < 1.29 is 0 Å². The van der Waals surface area contributed by atoms with E-state index < -0.39 is 5.41 Å². The Bertz CT molecular complexity index is 3620. The van der Waals surface area contributed by atoms with Gasteiger partial charge >= 0.3 is 0 Å². The summed E-state index contributed by atoms with van der Waals surface area (Å²) in [6.07, 6.45) is 0.935. The van der Waals surface area contributed by atoms with Crippen molar-refractivity contribution in [2.45, 2.75) is 18.8 Å². The molecule has 63 heavy (non-hydrogen) atoms. The maximum Gasteiger partial charge on any atom is 0.0729 e. The molecule has 1 aromatic heterocycles. The van der Waals surface area contributed by atoms with Gasteiger partial charge in [-0.2, -0.15) is 0 Å². The maximum absolute atomic E-state index is 2.55. The zero-order chi connectivity index (χ0) is 41.6. The van der Waals surface area contributed by atoms with Crippen LogP contribution in [0, 0.1) is 0 Å². The zero-order valence-corrected chi connectivity index (χ0v) is 35.0. The molecule has 2 heteroatoms. The second-order valence-electron chi connectivity index (χ2n) is 17.0. The quantitative estimate of drug-likeness (QED) is 0.163. The molecule has 0 fully saturated rings. The van der Waals surface area contributed by atoms with Crippen molar-refractivity contribution in [1.82, 2.24) is 4.57 Å². The van der Waals surface area contributed by atoms with Crippen LogP contribution in [0.25, 0.3) is 71.6 Å². The van der Waals surface area contributed by atoms with E-state index in [4.69, 9.17) is 0 Å². The number of anilines is 3. The van der Waals surface area contributed by atoms with Crippen molar-refractivity contribution in [3.8, 4) is 39.1 Å². The normalized spacial score (nSPS) is 14.6. The van der Waals surface area contributed by atoms with Gasteiger partial charge in [-0.15, -0.1) is 0 Å². The van der Waals surface area contributed by atoms with Crippen LogP contribution >= 0.6 is 0 Å². The van der Waals surface area contributed by atoms with Crippen LogP contribution in [0.1, 0.15) is 34.7 Å². The summed E-state index contributed by atoms with van der Waals surface area (Å²) in [5, 5.41) is 5.09. The number of nitrogens with zero attached hydrogens (tertiary/aromatic N) is 2. The summed E-state index contributed by atoms with van der Waals surface area (Å²) >= 11 is 0. The van der Waals surface area contributed by atoms with Gasteiger partial charge in [-0.1, -0.05) is 183 Å². The molecule has 1 spiro atoms. The van der Waals surface area contributed by atoms with Crippen LogP contribution in [-0.2, 0) is 11.8 Å². The average Bonchev–Trinajstić information content (AvgIpc) is 3.85. The molecule has 296 valence electrons. The molecule has 0 bridgehead atoms. The first-order valence-corrected chi connectivity index (χ1v) is 22.2. The Morgan fingerprint density at radius 3 is 1.83 bits per heavy atom. The van der Waals surface area contributed by atoms with E-state index in [2.05, 4.69) is 241 Å². The molecule has 1 atom stereocenters. The highest BCUT2D eigenvalue weighted by atomic mass is 15.2. The van der Waals surface area contributed by atoms with Gasteiger partial charge in [0.1, 0.15) is 0 Å². The Balaban J connectivity index is 1.17. The van der Waals surface area contributed by atoms with Crippen LogP contribution in [0.15, 0.2) is 224 Å². The van der Waals surface area contributed by atoms with Crippen LogP contribution in [0.2, 0.25) is 0 Å². The minimum absolute atomic E-state index is 0.544. The van der Waals surface area contributed by atoms with E-state index in [1.165, 1.54) is 93.8 Å². The summed E-state index contributed by atoms with van der Waals surface area (Å²) in [7, 11) is 0. The van der Waals surface area contributed by atoms with E-state index >= 15 is 0 Å². The Morgan fingerprint density at radius 2 is 1.03 bits per heavy atom. The highest BCUT2D eigenvalue weighted by molar-refractivity contribution is 6.17. The second kappa shape index (κ2) is 13.8. The molecule has 0 amide bonds. The molecule has 2 aliphatic carbocycles. The molecule has 0 N–H and O–H groups in total. The summed E-state index contributed by atoms with van der Waals surface area (Å²) in [6, 6.07) is 83.7. The first-order valence-electron chi connectivity index (χ1n) is 22.2. The van der Waals surface area contributed by atoms with Crippen molar-refractivity contribution in [2.24, 2.45) is 0 Å². The number of aryl methyl sites for hydroxylation is 1. The maximum atomic E-state index is 2.55. The van der Waals surface area contributed by atoms with Gasteiger partial charge in [0, 0.05) is 27.7 Å².